The van der Waals surface area contributed by atoms with Crippen LogP contribution in [0.3, 0.4) is 0 Å². The van der Waals surface area contributed by atoms with Gasteiger partial charge in [0.25, 0.3) is 5.82 Å². The number of hydrogen-bond acceptors (Lipinski definition) is 1. The molecule has 0 aromatic carbocycles. The number of carboxylic acids is 1. The van der Waals surface area contributed by atoms with Crippen LogP contribution in [0.25, 0.3) is 0 Å². The molecule has 0 atom stereocenters. The molecule has 1 N–H and O–H groups in total. The highest BCUT2D eigenvalue weighted by atomic mass is 16.4. The fraction of sp³-hybridized carbons (Fsp3) is 0.778. The SMILES string of the molecule is CCCCCCCc1n(CCCC)cc[n+]1CCCC(=O)O. The second kappa shape index (κ2) is 11.3. The molecule has 1 rings (SSSR count). The number of rotatable bonds is 13. The first-order chi connectivity index (χ1) is 10.7. The highest BCUT2D eigenvalue weighted by Crippen LogP contribution is 2.09. The maximum absolute atomic E-state index is 10.7. The molecule has 0 amide bonds. The summed E-state index contributed by atoms with van der Waals surface area (Å²) in [6.45, 7) is 6.35. The van der Waals surface area contributed by atoms with E-state index in [1.807, 2.05) is 0 Å². The smallest absolute Gasteiger partial charge is 0.303 e. The van der Waals surface area contributed by atoms with Gasteiger partial charge in [0.15, 0.2) is 0 Å². The lowest BCUT2D eigenvalue weighted by atomic mass is 10.1. The molecule has 0 fully saturated rings. The molecule has 0 bridgehead atoms. The van der Waals surface area contributed by atoms with Crippen molar-refractivity contribution in [2.75, 3.05) is 0 Å². The molecule has 0 spiro atoms. The maximum atomic E-state index is 10.7. The van der Waals surface area contributed by atoms with E-state index in [0.29, 0.717) is 6.42 Å². The Bertz CT molecular complexity index is 427. The molecule has 0 aliphatic carbocycles. The number of unbranched alkanes of at least 4 members (excludes halogenated alkanes) is 5. The first-order valence-electron chi connectivity index (χ1n) is 8.98. The highest BCUT2D eigenvalue weighted by molar-refractivity contribution is 5.66. The van der Waals surface area contributed by atoms with Crippen molar-refractivity contribution in [3.8, 4) is 0 Å². The van der Waals surface area contributed by atoms with Crippen LogP contribution in [0.5, 0.6) is 0 Å². The summed E-state index contributed by atoms with van der Waals surface area (Å²) in [5.74, 6) is 0.669. The molecule has 0 aliphatic heterocycles. The Hall–Kier alpha value is -1.32. The van der Waals surface area contributed by atoms with Crippen molar-refractivity contribution >= 4 is 5.97 Å². The van der Waals surface area contributed by atoms with Crippen LogP contribution in [0, 0.1) is 0 Å². The van der Waals surface area contributed by atoms with E-state index >= 15 is 0 Å². The first-order valence-corrected chi connectivity index (χ1v) is 8.98. The van der Waals surface area contributed by atoms with Crippen molar-refractivity contribution in [3.63, 3.8) is 0 Å². The van der Waals surface area contributed by atoms with Gasteiger partial charge in [0.2, 0.25) is 0 Å². The van der Waals surface area contributed by atoms with E-state index in [-0.39, 0.29) is 6.42 Å². The van der Waals surface area contributed by atoms with E-state index in [1.54, 1.807) is 0 Å². The number of carboxylic acid groups (broad SMARTS) is 1. The monoisotopic (exact) mass is 309 g/mol. The summed E-state index contributed by atoms with van der Waals surface area (Å²) < 4.78 is 4.63. The first kappa shape index (κ1) is 18.7. The van der Waals surface area contributed by atoms with E-state index in [9.17, 15) is 4.79 Å². The molecule has 4 heteroatoms. The summed E-state index contributed by atoms with van der Waals surface area (Å²) in [5, 5.41) is 8.79. The minimum Gasteiger partial charge on any atom is -0.481 e. The fourth-order valence-electron chi connectivity index (χ4n) is 2.81. The van der Waals surface area contributed by atoms with Crippen molar-refractivity contribution in [2.45, 2.75) is 91.1 Å². The van der Waals surface area contributed by atoms with Crippen molar-refractivity contribution in [2.24, 2.45) is 0 Å². The molecule has 126 valence electrons. The Kier molecular flexibility index (Phi) is 9.60. The normalized spacial score (nSPS) is 11.0. The molecular formula is C18H33N2O2+. The molecule has 0 radical (unpaired) electrons. The third kappa shape index (κ3) is 7.10. The molecule has 0 saturated carbocycles. The van der Waals surface area contributed by atoms with Gasteiger partial charge in [0.1, 0.15) is 12.4 Å². The zero-order chi connectivity index (χ0) is 16.2. The summed E-state index contributed by atoms with van der Waals surface area (Å²) >= 11 is 0. The summed E-state index contributed by atoms with van der Waals surface area (Å²) in [4.78, 5) is 10.7. The van der Waals surface area contributed by atoms with Gasteiger partial charge in [0.05, 0.1) is 13.1 Å². The van der Waals surface area contributed by atoms with Gasteiger partial charge in [-0.1, -0.05) is 46.0 Å². The predicted molar refractivity (Wildman–Crippen MR) is 88.9 cm³/mol. The van der Waals surface area contributed by atoms with Crippen LogP contribution < -0.4 is 4.57 Å². The fourth-order valence-corrected chi connectivity index (χ4v) is 2.81. The number of carbonyl (C=O) groups is 1. The molecule has 4 nitrogen and oxygen atoms in total. The van der Waals surface area contributed by atoms with Crippen LogP contribution in [0.2, 0.25) is 0 Å². The van der Waals surface area contributed by atoms with Crippen LogP contribution in [-0.2, 0) is 24.3 Å². The van der Waals surface area contributed by atoms with Crippen LogP contribution in [0.1, 0.15) is 77.5 Å². The zero-order valence-corrected chi connectivity index (χ0v) is 14.4. The van der Waals surface area contributed by atoms with Gasteiger partial charge >= 0.3 is 5.97 Å². The number of aliphatic carboxylic acids is 1. The van der Waals surface area contributed by atoms with Gasteiger partial charge in [0, 0.05) is 12.8 Å². The maximum Gasteiger partial charge on any atom is 0.303 e. The Morgan fingerprint density at radius 2 is 1.82 bits per heavy atom. The van der Waals surface area contributed by atoms with Gasteiger partial charge in [-0.3, -0.25) is 4.79 Å². The lowest BCUT2D eigenvalue weighted by Crippen LogP contribution is -2.37. The Labute approximate surface area is 135 Å². The number of nitrogens with zero attached hydrogens (tertiary/aromatic N) is 2. The van der Waals surface area contributed by atoms with Gasteiger partial charge in [-0.25, -0.2) is 9.13 Å². The van der Waals surface area contributed by atoms with E-state index in [2.05, 4.69) is 35.4 Å². The summed E-state index contributed by atoms with van der Waals surface area (Å²) in [6.07, 6.45) is 15.2. The van der Waals surface area contributed by atoms with E-state index in [0.717, 1.165) is 19.5 Å². The topological polar surface area (TPSA) is 46.1 Å². The van der Waals surface area contributed by atoms with Gasteiger partial charge in [-0.15, -0.1) is 0 Å². The third-order valence-corrected chi connectivity index (χ3v) is 4.14. The van der Waals surface area contributed by atoms with E-state index in [4.69, 9.17) is 5.11 Å². The number of aromatic nitrogens is 2. The minimum absolute atomic E-state index is 0.253. The van der Waals surface area contributed by atoms with Crippen molar-refractivity contribution < 1.29 is 14.5 Å². The van der Waals surface area contributed by atoms with Gasteiger partial charge < -0.3 is 5.11 Å². The molecule has 1 aromatic rings. The number of imidazole rings is 1. The summed E-state index contributed by atoms with van der Waals surface area (Å²) in [6, 6.07) is 0. The largest absolute Gasteiger partial charge is 0.481 e. The van der Waals surface area contributed by atoms with E-state index in [1.165, 1.54) is 50.8 Å². The summed E-state index contributed by atoms with van der Waals surface area (Å²) in [5.41, 5.74) is 0. The summed E-state index contributed by atoms with van der Waals surface area (Å²) in [7, 11) is 0. The highest BCUT2D eigenvalue weighted by Gasteiger charge is 2.16. The molecule has 22 heavy (non-hydrogen) atoms. The molecular weight excluding hydrogens is 276 g/mol. The van der Waals surface area contributed by atoms with Crippen LogP contribution in [0.15, 0.2) is 12.4 Å². The average molecular weight is 309 g/mol. The molecule has 0 aliphatic rings. The average Bonchev–Trinajstić information content (AvgIpc) is 2.87. The molecule has 0 saturated heterocycles. The zero-order valence-electron chi connectivity index (χ0n) is 14.4. The van der Waals surface area contributed by atoms with E-state index < -0.39 is 5.97 Å². The second-order valence-electron chi connectivity index (χ2n) is 6.12. The molecule has 1 heterocycles. The van der Waals surface area contributed by atoms with Crippen molar-refractivity contribution in [1.29, 1.82) is 0 Å². The Morgan fingerprint density at radius 1 is 1.09 bits per heavy atom. The lowest BCUT2D eigenvalue weighted by molar-refractivity contribution is -0.704. The quantitative estimate of drug-likeness (QED) is 0.443. The van der Waals surface area contributed by atoms with Crippen LogP contribution >= 0.6 is 0 Å². The Balaban J connectivity index is 2.57. The van der Waals surface area contributed by atoms with Gasteiger partial charge in [-0.2, -0.15) is 0 Å². The van der Waals surface area contributed by atoms with Crippen LogP contribution in [-0.4, -0.2) is 15.6 Å². The lowest BCUT2D eigenvalue weighted by Gasteiger charge is -2.05. The second-order valence-corrected chi connectivity index (χ2v) is 6.12. The number of aryl methyl sites for hydroxylation is 2. The minimum atomic E-state index is -0.702. The van der Waals surface area contributed by atoms with Crippen molar-refractivity contribution in [3.05, 3.63) is 18.2 Å². The Morgan fingerprint density at radius 3 is 2.50 bits per heavy atom. The van der Waals surface area contributed by atoms with Crippen LogP contribution in [0.4, 0.5) is 0 Å². The number of hydrogen-bond donors (Lipinski definition) is 1. The van der Waals surface area contributed by atoms with Crippen molar-refractivity contribution in [1.82, 2.24) is 4.57 Å². The third-order valence-electron chi connectivity index (χ3n) is 4.14. The standard InChI is InChI=1S/C18H32N2O2/c1-3-5-7-8-9-11-17-19(13-6-4-2)15-16-20(17)14-10-12-18(21)22/h15-16H,3-14H2,1-2H3/p+1. The predicted octanol–water partition coefficient (Wildman–Crippen LogP) is 3.95. The molecule has 1 aromatic heterocycles. The van der Waals surface area contributed by atoms with Gasteiger partial charge in [-0.05, 0) is 19.3 Å². The molecule has 0 unspecified atom stereocenters.